The van der Waals surface area contributed by atoms with Crippen LogP contribution in [0.2, 0.25) is 0 Å². The Hall–Kier alpha value is -2.47. The van der Waals surface area contributed by atoms with E-state index in [-0.39, 0.29) is 5.54 Å². The number of amides is 1. The minimum Gasteiger partial charge on any atom is -0.444 e. The van der Waals surface area contributed by atoms with Crippen LogP contribution in [0.3, 0.4) is 0 Å². The first-order chi connectivity index (χ1) is 19.4. The van der Waals surface area contributed by atoms with Crippen molar-refractivity contribution in [1.29, 1.82) is 0 Å². The van der Waals surface area contributed by atoms with Gasteiger partial charge in [-0.2, -0.15) is 0 Å². The zero-order valence-corrected chi connectivity index (χ0v) is 29.7. The summed E-state index contributed by atoms with van der Waals surface area (Å²) in [6.45, 7) is 33.2. The number of carbonyl (C=O) groups is 1. The SMILES string of the molecule is CC.CC(C)C(C)c1cc(CNC(=O)OC(C)(C)C)ccn1.CCC(C)C(c1cc(CNC(C)(C)C)ccn1)C(C)C. The van der Waals surface area contributed by atoms with Gasteiger partial charge in [0.15, 0.2) is 0 Å². The number of rotatable bonds is 10. The second kappa shape index (κ2) is 18.9. The van der Waals surface area contributed by atoms with Crippen molar-refractivity contribution in [2.24, 2.45) is 17.8 Å². The predicted molar refractivity (Wildman–Crippen MR) is 180 cm³/mol. The number of aromatic nitrogens is 2. The summed E-state index contributed by atoms with van der Waals surface area (Å²) in [4.78, 5) is 20.7. The third kappa shape index (κ3) is 16.2. The zero-order valence-electron chi connectivity index (χ0n) is 29.7. The van der Waals surface area contributed by atoms with Crippen molar-refractivity contribution >= 4 is 6.09 Å². The Bertz CT molecular complexity index is 1020. The molecule has 0 radical (unpaired) electrons. The first kappa shape index (κ1) is 39.5. The van der Waals surface area contributed by atoms with Gasteiger partial charge in [0.1, 0.15) is 5.60 Å². The minimum atomic E-state index is -0.473. The summed E-state index contributed by atoms with van der Waals surface area (Å²) in [5, 5.41) is 6.31. The molecule has 0 aliphatic heterocycles. The number of ether oxygens (including phenoxy) is 1. The Labute approximate surface area is 259 Å². The Kier molecular flexibility index (Phi) is 17.8. The van der Waals surface area contributed by atoms with Crippen LogP contribution in [0.4, 0.5) is 4.79 Å². The monoisotopic (exact) mass is 585 g/mol. The molecule has 3 unspecified atom stereocenters. The lowest BCUT2D eigenvalue weighted by Crippen LogP contribution is -2.35. The number of alkyl carbamates (subject to hydrolysis) is 1. The number of hydrogen-bond donors (Lipinski definition) is 2. The molecule has 0 spiro atoms. The van der Waals surface area contributed by atoms with E-state index >= 15 is 0 Å². The number of hydrogen-bond acceptors (Lipinski definition) is 5. The molecule has 2 rings (SSSR count). The summed E-state index contributed by atoms with van der Waals surface area (Å²) < 4.78 is 5.21. The van der Waals surface area contributed by atoms with Crippen LogP contribution >= 0.6 is 0 Å². The van der Waals surface area contributed by atoms with Crippen molar-refractivity contribution in [2.45, 2.75) is 146 Å². The van der Waals surface area contributed by atoms with Gasteiger partial charge in [0.05, 0.1) is 0 Å². The van der Waals surface area contributed by atoms with Crippen molar-refractivity contribution < 1.29 is 9.53 Å². The Morgan fingerprint density at radius 3 is 1.76 bits per heavy atom. The molecule has 2 aromatic heterocycles. The quantitative estimate of drug-likeness (QED) is 0.291. The van der Waals surface area contributed by atoms with E-state index in [1.54, 1.807) is 6.20 Å². The normalized spacial score (nSPS) is 13.7. The van der Waals surface area contributed by atoms with E-state index in [0.717, 1.165) is 17.8 Å². The highest BCUT2D eigenvalue weighted by atomic mass is 16.6. The lowest BCUT2D eigenvalue weighted by Gasteiger charge is -2.27. The molecule has 0 fully saturated rings. The molecular formula is C36H64N4O2. The van der Waals surface area contributed by atoms with Gasteiger partial charge in [0, 0.05) is 54.2 Å². The molecule has 0 aliphatic rings. The lowest BCUT2D eigenvalue weighted by atomic mass is 9.80. The van der Waals surface area contributed by atoms with Crippen LogP contribution < -0.4 is 10.6 Å². The van der Waals surface area contributed by atoms with Crippen LogP contribution in [0.5, 0.6) is 0 Å². The summed E-state index contributed by atoms with van der Waals surface area (Å²) >= 11 is 0. The fraction of sp³-hybridized carbons (Fsp3) is 0.694. The van der Waals surface area contributed by atoms with Crippen LogP contribution in [0.15, 0.2) is 36.7 Å². The summed E-state index contributed by atoms with van der Waals surface area (Å²) in [5.41, 5.74) is 4.36. The van der Waals surface area contributed by atoms with Gasteiger partial charge in [-0.1, -0.05) is 68.7 Å². The van der Waals surface area contributed by atoms with Gasteiger partial charge >= 0.3 is 6.09 Å². The Balaban J connectivity index is 0.000000756. The van der Waals surface area contributed by atoms with Crippen molar-refractivity contribution in [1.82, 2.24) is 20.6 Å². The molecule has 0 aromatic carbocycles. The topological polar surface area (TPSA) is 76.1 Å². The van der Waals surface area contributed by atoms with Crippen molar-refractivity contribution in [2.75, 3.05) is 0 Å². The van der Waals surface area contributed by atoms with E-state index in [2.05, 4.69) is 102 Å². The van der Waals surface area contributed by atoms with E-state index in [4.69, 9.17) is 4.74 Å². The molecule has 42 heavy (non-hydrogen) atoms. The number of nitrogens with zero attached hydrogens (tertiary/aromatic N) is 2. The fourth-order valence-electron chi connectivity index (χ4n) is 4.38. The first-order valence-corrected chi connectivity index (χ1v) is 16.0. The molecule has 6 heteroatoms. The molecule has 2 aromatic rings. The Morgan fingerprint density at radius 2 is 1.31 bits per heavy atom. The largest absolute Gasteiger partial charge is 0.444 e. The Morgan fingerprint density at radius 1 is 0.810 bits per heavy atom. The number of nitrogens with one attached hydrogen (secondary N) is 2. The molecule has 2 N–H and O–H groups in total. The molecule has 0 saturated carbocycles. The van der Waals surface area contributed by atoms with E-state index in [9.17, 15) is 4.79 Å². The lowest BCUT2D eigenvalue weighted by molar-refractivity contribution is 0.0523. The molecular weight excluding hydrogens is 520 g/mol. The van der Waals surface area contributed by atoms with Crippen molar-refractivity contribution in [3.05, 3.63) is 59.2 Å². The predicted octanol–water partition coefficient (Wildman–Crippen LogP) is 9.65. The van der Waals surface area contributed by atoms with E-state index in [1.807, 2.05) is 52.9 Å². The van der Waals surface area contributed by atoms with Gasteiger partial charge in [-0.3, -0.25) is 9.97 Å². The van der Waals surface area contributed by atoms with Gasteiger partial charge in [-0.25, -0.2) is 4.79 Å². The van der Waals surface area contributed by atoms with Crippen LogP contribution in [0.1, 0.15) is 145 Å². The minimum absolute atomic E-state index is 0.150. The van der Waals surface area contributed by atoms with Crippen LogP contribution in [-0.4, -0.2) is 27.2 Å². The molecule has 1 amide bonds. The fourth-order valence-corrected chi connectivity index (χ4v) is 4.38. The van der Waals surface area contributed by atoms with E-state index in [0.29, 0.717) is 36.1 Å². The smallest absolute Gasteiger partial charge is 0.407 e. The molecule has 6 nitrogen and oxygen atoms in total. The standard InChI is InChI=1S/C18H32N2.C16H26N2O2.C2H6/c1-8-14(4)17(13(2)3)16-11-15(9-10-19-16)12-20-18(5,6)7;1-11(2)12(3)14-9-13(7-8-17-14)10-18-15(19)20-16(4,5)6;1-2/h9-11,13-14,17,20H,8,12H2,1-7H3;7-9,11-12H,10H2,1-6H3,(H,18,19);1-2H3. The van der Waals surface area contributed by atoms with Crippen molar-refractivity contribution in [3.8, 4) is 0 Å². The van der Waals surface area contributed by atoms with E-state index < -0.39 is 11.7 Å². The molecule has 0 saturated heterocycles. The van der Waals surface area contributed by atoms with Crippen LogP contribution in [0, 0.1) is 17.8 Å². The summed E-state index contributed by atoms with van der Waals surface area (Å²) in [6, 6.07) is 8.36. The van der Waals surface area contributed by atoms with Crippen LogP contribution in [-0.2, 0) is 17.8 Å². The molecule has 0 aliphatic carbocycles. The van der Waals surface area contributed by atoms with Gasteiger partial charge in [-0.05, 0) is 94.7 Å². The highest BCUT2D eigenvalue weighted by molar-refractivity contribution is 5.67. The highest BCUT2D eigenvalue weighted by Gasteiger charge is 2.23. The number of carbonyl (C=O) groups excluding carboxylic acids is 1. The second-order valence-corrected chi connectivity index (χ2v) is 13.8. The van der Waals surface area contributed by atoms with E-state index in [1.165, 1.54) is 17.7 Å². The summed E-state index contributed by atoms with van der Waals surface area (Å²) in [6.07, 6.45) is 4.56. The second-order valence-electron chi connectivity index (χ2n) is 13.8. The molecule has 2 heterocycles. The average molecular weight is 585 g/mol. The maximum absolute atomic E-state index is 11.6. The first-order valence-electron chi connectivity index (χ1n) is 16.0. The third-order valence-electron chi connectivity index (χ3n) is 7.13. The van der Waals surface area contributed by atoms with Gasteiger partial charge in [0.2, 0.25) is 0 Å². The molecule has 240 valence electrons. The summed E-state index contributed by atoms with van der Waals surface area (Å²) in [7, 11) is 0. The summed E-state index contributed by atoms with van der Waals surface area (Å²) in [5.74, 6) is 2.79. The zero-order chi connectivity index (χ0) is 32.7. The molecule has 0 bridgehead atoms. The van der Waals surface area contributed by atoms with Gasteiger partial charge in [-0.15, -0.1) is 0 Å². The highest BCUT2D eigenvalue weighted by Crippen LogP contribution is 2.33. The van der Waals surface area contributed by atoms with Gasteiger partial charge in [0.25, 0.3) is 0 Å². The third-order valence-corrected chi connectivity index (χ3v) is 7.13. The maximum atomic E-state index is 11.6. The average Bonchev–Trinajstić information content (AvgIpc) is 2.90. The van der Waals surface area contributed by atoms with Crippen molar-refractivity contribution in [3.63, 3.8) is 0 Å². The maximum Gasteiger partial charge on any atom is 0.407 e. The number of pyridine rings is 2. The molecule has 3 atom stereocenters. The van der Waals surface area contributed by atoms with Crippen LogP contribution in [0.25, 0.3) is 0 Å². The van der Waals surface area contributed by atoms with Gasteiger partial charge < -0.3 is 15.4 Å².